The summed E-state index contributed by atoms with van der Waals surface area (Å²) in [5, 5.41) is 32.3. The zero-order valence-electron chi connectivity index (χ0n) is 15.4. The van der Waals surface area contributed by atoms with Crippen molar-refractivity contribution < 1.29 is 19.4 Å². The van der Waals surface area contributed by atoms with Crippen LogP contribution in [0.15, 0.2) is 60.7 Å². The SMILES string of the molecule is O=C(NCCOc1ccc(-c2ccccc2)nn1)c1cc([N+](=O)[O-])cc([N+](=O)[O-])c1. The molecule has 1 amide bonds. The number of non-ortho nitro benzene ring substituents is 2. The first-order valence-corrected chi connectivity index (χ1v) is 8.68. The second-order valence-corrected chi connectivity index (χ2v) is 5.98. The first kappa shape index (κ1) is 20.3. The largest absolute Gasteiger partial charge is 0.475 e. The van der Waals surface area contributed by atoms with Crippen LogP contribution in [0.5, 0.6) is 5.88 Å². The molecule has 0 saturated heterocycles. The first-order valence-electron chi connectivity index (χ1n) is 8.68. The van der Waals surface area contributed by atoms with Gasteiger partial charge in [0.1, 0.15) is 6.61 Å². The predicted octanol–water partition coefficient (Wildman–Crippen LogP) is 2.77. The summed E-state index contributed by atoms with van der Waals surface area (Å²) in [6, 6.07) is 15.6. The van der Waals surface area contributed by atoms with E-state index in [-0.39, 0.29) is 24.6 Å². The molecule has 3 rings (SSSR count). The van der Waals surface area contributed by atoms with E-state index in [2.05, 4.69) is 15.5 Å². The van der Waals surface area contributed by atoms with Crippen molar-refractivity contribution in [2.24, 2.45) is 0 Å². The molecule has 0 aliphatic rings. The molecule has 0 atom stereocenters. The van der Waals surface area contributed by atoms with Crippen molar-refractivity contribution in [1.29, 1.82) is 0 Å². The van der Waals surface area contributed by atoms with Gasteiger partial charge in [0.2, 0.25) is 5.88 Å². The minimum atomic E-state index is -0.801. The van der Waals surface area contributed by atoms with Crippen molar-refractivity contribution in [3.63, 3.8) is 0 Å². The van der Waals surface area contributed by atoms with Gasteiger partial charge in [0.15, 0.2) is 0 Å². The Morgan fingerprint density at radius 1 is 0.933 bits per heavy atom. The molecule has 0 unspecified atom stereocenters. The number of nitrogens with one attached hydrogen (secondary N) is 1. The Kier molecular flexibility index (Phi) is 6.23. The molecule has 30 heavy (non-hydrogen) atoms. The van der Waals surface area contributed by atoms with Crippen molar-refractivity contribution in [3.8, 4) is 17.1 Å². The van der Waals surface area contributed by atoms with Gasteiger partial charge in [-0.3, -0.25) is 25.0 Å². The number of benzene rings is 2. The summed E-state index contributed by atoms with van der Waals surface area (Å²) in [6.45, 7) is 0.111. The fourth-order valence-electron chi connectivity index (χ4n) is 2.52. The summed E-state index contributed by atoms with van der Waals surface area (Å²) in [7, 11) is 0. The average molecular weight is 409 g/mol. The first-order chi connectivity index (χ1) is 14.4. The molecule has 1 heterocycles. The molecule has 0 saturated carbocycles. The summed E-state index contributed by atoms with van der Waals surface area (Å²) in [5.74, 6) is -0.439. The molecule has 11 nitrogen and oxygen atoms in total. The zero-order valence-corrected chi connectivity index (χ0v) is 15.4. The van der Waals surface area contributed by atoms with Gasteiger partial charge in [-0.05, 0) is 6.07 Å². The number of carbonyl (C=O) groups is 1. The minimum absolute atomic E-state index is 0.0530. The molecule has 0 aliphatic carbocycles. The third-order valence-corrected chi connectivity index (χ3v) is 3.93. The number of hydrogen-bond donors (Lipinski definition) is 1. The molecule has 1 N–H and O–H groups in total. The number of hydrogen-bond acceptors (Lipinski definition) is 8. The average Bonchev–Trinajstić information content (AvgIpc) is 2.77. The summed E-state index contributed by atoms with van der Waals surface area (Å²) in [5.41, 5.74) is 0.319. The summed E-state index contributed by atoms with van der Waals surface area (Å²) < 4.78 is 5.40. The Labute approximate surface area is 169 Å². The van der Waals surface area contributed by atoms with Crippen LogP contribution in [0.3, 0.4) is 0 Å². The number of nitrogens with zero attached hydrogens (tertiary/aromatic N) is 4. The lowest BCUT2D eigenvalue weighted by atomic mass is 10.1. The Balaban J connectivity index is 1.55. The van der Waals surface area contributed by atoms with Crippen LogP contribution in [0, 0.1) is 20.2 Å². The number of aromatic nitrogens is 2. The Bertz CT molecular complexity index is 1040. The highest BCUT2D eigenvalue weighted by molar-refractivity contribution is 5.95. The van der Waals surface area contributed by atoms with E-state index in [9.17, 15) is 25.0 Å². The number of nitro benzene ring substituents is 2. The van der Waals surface area contributed by atoms with Crippen molar-refractivity contribution in [2.45, 2.75) is 0 Å². The van der Waals surface area contributed by atoms with Crippen LogP contribution in [0.1, 0.15) is 10.4 Å². The van der Waals surface area contributed by atoms with E-state index in [0.29, 0.717) is 5.69 Å². The van der Waals surface area contributed by atoms with Gasteiger partial charge in [-0.15, -0.1) is 10.2 Å². The van der Waals surface area contributed by atoms with Crippen LogP contribution >= 0.6 is 0 Å². The lowest BCUT2D eigenvalue weighted by molar-refractivity contribution is -0.394. The molecule has 0 aliphatic heterocycles. The number of carbonyl (C=O) groups excluding carboxylic acids is 1. The van der Waals surface area contributed by atoms with Gasteiger partial charge in [-0.2, -0.15) is 0 Å². The van der Waals surface area contributed by atoms with Crippen LogP contribution in [0.2, 0.25) is 0 Å². The lowest BCUT2D eigenvalue weighted by Crippen LogP contribution is -2.28. The molecule has 11 heteroatoms. The van der Waals surface area contributed by atoms with E-state index < -0.39 is 27.1 Å². The molecular weight excluding hydrogens is 394 g/mol. The highest BCUT2D eigenvalue weighted by Gasteiger charge is 2.19. The van der Waals surface area contributed by atoms with Crippen LogP contribution < -0.4 is 10.1 Å². The summed E-state index contributed by atoms with van der Waals surface area (Å²) >= 11 is 0. The monoisotopic (exact) mass is 409 g/mol. The van der Waals surface area contributed by atoms with E-state index in [4.69, 9.17) is 4.74 Å². The van der Waals surface area contributed by atoms with Gasteiger partial charge < -0.3 is 10.1 Å². The number of ether oxygens (including phenoxy) is 1. The minimum Gasteiger partial charge on any atom is -0.475 e. The van der Waals surface area contributed by atoms with Gasteiger partial charge in [0, 0.05) is 23.8 Å². The zero-order chi connectivity index (χ0) is 21.5. The standard InChI is InChI=1S/C19H15N5O6/c25-19(14-10-15(23(26)27)12-16(11-14)24(28)29)20-8-9-30-18-7-6-17(21-22-18)13-4-2-1-3-5-13/h1-7,10-12H,8-9H2,(H,20,25). The number of rotatable bonds is 8. The van der Waals surface area contributed by atoms with E-state index in [1.807, 2.05) is 30.3 Å². The fraction of sp³-hybridized carbons (Fsp3) is 0.105. The van der Waals surface area contributed by atoms with Crippen LogP contribution in [-0.4, -0.2) is 39.1 Å². The van der Waals surface area contributed by atoms with Crippen LogP contribution in [0.4, 0.5) is 11.4 Å². The molecule has 2 aromatic carbocycles. The summed E-state index contributed by atoms with van der Waals surface area (Å²) in [6.07, 6.45) is 0. The molecule has 1 aromatic heterocycles. The van der Waals surface area contributed by atoms with E-state index in [1.165, 1.54) is 0 Å². The van der Waals surface area contributed by atoms with Crippen molar-refractivity contribution >= 4 is 17.3 Å². The Hall–Kier alpha value is -4.41. The van der Waals surface area contributed by atoms with Gasteiger partial charge in [0.25, 0.3) is 17.3 Å². The second-order valence-electron chi connectivity index (χ2n) is 5.98. The summed E-state index contributed by atoms with van der Waals surface area (Å²) in [4.78, 5) is 32.4. The van der Waals surface area contributed by atoms with Crippen LogP contribution in [0.25, 0.3) is 11.3 Å². The Morgan fingerprint density at radius 2 is 1.60 bits per heavy atom. The van der Waals surface area contributed by atoms with E-state index in [0.717, 1.165) is 23.8 Å². The van der Waals surface area contributed by atoms with Crippen LogP contribution in [-0.2, 0) is 0 Å². The van der Waals surface area contributed by atoms with Crippen molar-refractivity contribution in [3.05, 3.63) is 86.5 Å². The number of amides is 1. The van der Waals surface area contributed by atoms with Crippen molar-refractivity contribution in [1.82, 2.24) is 15.5 Å². The second kappa shape index (κ2) is 9.19. The molecule has 0 radical (unpaired) electrons. The molecule has 0 fully saturated rings. The smallest absolute Gasteiger partial charge is 0.277 e. The lowest BCUT2D eigenvalue weighted by Gasteiger charge is -2.07. The molecule has 3 aromatic rings. The Morgan fingerprint density at radius 3 is 2.17 bits per heavy atom. The van der Waals surface area contributed by atoms with Crippen molar-refractivity contribution in [2.75, 3.05) is 13.2 Å². The van der Waals surface area contributed by atoms with E-state index >= 15 is 0 Å². The molecular formula is C19H15N5O6. The predicted molar refractivity (Wildman–Crippen MR) is 105 cm³/mol. The topological polar surface area (TPSA) is 150 Å². The van der Waals surface area contributed by atoms with Gasteiger partial charge in [-0.1, -0.05) is 30.3 Å². The maximum Gasteiger partial charge on any atom is 0.277 e. The highest BCUT2D eigenvalue weighted by Crippen LogP contribution is 2.22. The molecule has 0 bridgehead atoms. The number of nitro groups is 2. The van der Waals surface area contributed by atoms with Gasteiger partial charge >= 0.3 is 0 Å². The quantitative estimate of drug-likeness (QED) is 0.339. The third-order valence-electron chi connectivity index (χ3n) is 3.93. The molecule has 0 spiro atoms. The maximum absolute atomic E-state index is 12.2. The fourth-order valence-corrected chi connectivity index (χ4v) is 2.52. The van der Waals surface area contributed by atoms with Gasteiger partial charge in [-0.25, -0.2) is 0 Å². The molecule has 152 valence electrons. The van der Waals surface area contributed by atoms with E-state index in [1.54, 1.807) is 12.1 Å². The maximum atomic E-state index is 12.2. The highest BCUT2D eigenvalue weighted by atomic mass is 16.6. The third kappa shape index (κ3) is 5.10. The normalized spacial score (nSPS) is 10.3. The van der Waals surface area contributed by atoms with Gasteiger partial charge in [0.05, 0.1) is 33.7 Å².